The van der Waals surface area contributed by atoms with Gasteiger partial charge in [0.2, 0.25) is 5.95 Å². The molecule has 8 nitrogen and oxygen atoms in total. The molecule has 1 aromatic carbocycles. The Balaban J connectivity index is 1.87. The molecule has 1 amide bonds. The molecule has 1 saturated carbocycles. The lowest BCUT2D eigenvalue weighted by atomic mass is 9.91. The maximum absolute atomic E-state index is 13.4. The number of carbonyl (C=O) groups is 1. The summed E-state index contributed by atoms with van der Waals surface area (Å²) in [6.07, 6.45) is 3.85. The standard InChI is InChI=1S/C16H19F2N7O/c17-8-5-9(18)7-10(6-8)21-15-13(14(20)26)24-25-16(23-15)22-12-4-2-1-3-11(12)19/h5-7,11-12H,1-4,19H2,(H2,20,26)(H2,21,22,23,25)/t11-,12+/m0/s1. The van der Waals surface area contributed by atoms with Crippen molar-refractivity contribution in [2.45, 2.75) is 37.8 Å². The lowest BCUT2D eigenvalue weighted by Gasteiger charge is -2.29. The van der Waals surface area contributed by atoms with Crippen molar-refractivity contribution < 1.29 is 13.6 Å². The van der Waals surface area contributed by atoms with Crippen LogP contribution in [0, 0.1) is 11.6 Å². The van der Waals surface area contributed by atoms with Gasteiger partial charge in [0.15, 0.2) is 11.5 Å². The third-order valence-corrected chi connectivity index (χ3v) is 4.18. The summed E-state index contributed by atoms with van der Waals surface area (Å²) >= 11 is 0. The van der Waals surface area contributed by atoms with Gasteiger partial charge in [-0.15, -0.1) is 10.2 Å². The third-order valence-electron chi connectivity index (χ3n) is 4.18. The Morgan fingerprint density at radius 3 is 2.46 bits per heavy atom. The van der Waals surface area contributed by atoms with Crippen LogP contribution in [0.2, 0.25) is 0 Å². The van der Waals surface area contributed by atoms with Crippen molar-refractivity contribution in [2.24, 2.45) is 11.5 Å². The monoisotopic (exact) mass is 363 g/mol. The topological polar surface area (TPSA) is 132 Å². The van der Waals surface area contributed by atoms with Gasteiger partial charge in [0.05, 0.1) is 0 Å². The largest absolute Gasteiger partial charge is 0.364 e. The van der Waals surface area contributed by atoms with E-state index < -0.39 is 17.5 Å². The number of hydrogen-bond acceptors (Lipinski definition) is 7. The lowest BCUT2D eigenvalue weighted by Crippen LogP contribution is -2.43. The van der Waals surface area contributed by atoms with Crippen molar-refractivity contribution in [1.29, 1.82) is 0 Å². The molecule has 2 aromatic rings. The normalized spacial score (nSPS) is 19.8. The van der Waals surface area contributed by atoms with Gasteiger partial charge in [-0.25, -0.2) is 8.78 Å². The first-order valence-electron chi connectivity index (χ1n) is 8.22. The summed E-state index contributed by atoms with van der Waals surface area (Å²) < 4.78 is 26.7. The number of benzene rings is 1. The number of aromatic nitrogens is 3. The van der Waals surface area contributed by atoms with E-state index in [1.165, 1.54) is 0 Å². The SMILES string of the molecule is NC(=O)c1nnc(N[C@@H]2CCCC[C@@H]2N)nc1Nc1cc(F)cc(F)c1. The van der Waals surface area contributed by atoms with E-state index in [-0.39, 0.29) is 35.2 Å². The van der Waals surface area contributed by atoms with Gasteiger partial charge >= 0.3 is 0 Å². The quantitative estimate of drug-likeness (QED) is 0.635. The molecule has 2 atom stereocenters. The van der Waals surface area contributed by atoms with Crippen LogP contribution in [0.15, 0.2) is 18.2 Å². The van der Waals surface area contributed by atoms with Crippen LogP contribution in [0.5, 0.6) is 0 Å². The van der Waals surface area contributed by atoms with E-state index in [2.05, 4.69) is 25.8 Å². The van der Waals surface area contributed by atoms with Crippen molar-refractivity contribution in [2.75, 3.05) is 10.6 Å². The Bertz CT molecular complexity index is 797. The summed E-state index contributed by atoms with van der Waals surface area (Å²) in [4.78, 5) is 15.7. The summed E-state index contributed by atoms with van der Waals surface area (Å²) in [7, 11) is 0. The van der Waals surface area contributed by atoms with Crippen molar-refractivity contribution >= 4 is 23.4 Å². The van der Waals surface area contributed by atoms with Gasteiger partial charge in [-0.2, -0.15) is 4.98 Å². The van der Waals surface area contributed by atoms with Gasteiger partial charge in [0.25, 0.3) is 5.91 Å². The minimum absolute atomic E-state index is 0.0237. The molecule has 0 saturated heterocycles. The average Bonchev–Trinajstić information content (AvgIpc) is 2.56. The van der Waals surface area contributed by atoms with Crippen molar-refractivity contribution in [1.82, 2.24) is 15.2 Å². The Morgan fingerprint density at radius 1 is 1.12 bits per heavy atom. The number of carbonyl (C=O) groups excluding carboxylic acids is 1. The second kappa shape index (κ2) is 7.56. The molecule has 0 bridgehead atoms. The van der Waals surface area contributed by atoms with Crippen LogP contribution >= 0.6 is 0 Å². The summed E-state index contributed by atoms with van der Waals surface area (Å²) in [6.45, 7) is 0. The van der Waals surface area contributed by atoms with Gasteiger partial charge in [-0.1, -0.05) is 12.8 Å². The van der Waals surface area contributed by atoms with Crippen LogP contribution in [0.25, 0.3) is 0 Å². The second-order valence-electron chi connectivity index (χ2n) is 6.18. The number of nitrogens with one attached hydrogen (secondary N) is 2. The predicted molar refractivity (Wildman–Crippen MR) is 91.8 cm³/mol. The first kappa shape index (κ1) is 17.9. The zero-order valence-corrected chi connectivity index (χ0v) is 13.9. The van der Waals surface area contributed by atoms with Gasteiger partial charge in [0.1, 0.15) is 11.6 Å². The molecule has 0 unspecified atom stereocenters. The summed E-state index contributed by atoms with van der Waals surface area (Å²) in [5.74, 6) is -2.32. The molecule has 1 heterocycles. The molecular formula is C16H19F2N7O. The summed E-state index contributed by atoms with van der Waals surface area (Å²) in [5, 5.41) is 13.4. The van der Waals surface area contributed by atoms with Crippen LogP contribution in [-0.2, 0) is 0 Å². The fraction of sp³-hybridized carbons (Fsp3) is 0.375. The number of halogens is 2. The molecular weight excluding hydrogens is 344 g/mol. The Hall–Kier alpha value is -2.88. The van der Waals surface area contributed by atoms with E-state index in [1.54, 1.807) is 0 Å². The van der Waals surface area contributed by atoms with E-state index in [0.29, 0.717) is 0 Å². The second-order valence-corrected chi connectivity index (χ2v) is 6.18. The highest BCUT2D eigenvalue weighted by molar-refractivity contribution is 5.96. The van der Waals surface area contributed by atoms with Crippen LogP contribution < -0.4 is 22.1 Å². The minimum atomic E-state index is -0.870. The fourth-order valence-electron chi connectivity index (χ4n) is 2.91. The van der Waals surface area contributed by atoms with Crippen LogP contribution in [0.1, 0.15) is 36.2 Å². The maximum Gasteiger partial charge on any atom is 0.273 e. The van der Waals surface area contributed by atoms with E-state index in [1.807, 2.05) is 0 Å². The van der Waals surface area contributed by atoms with Gasteiger partial charge < -0.3 is 22.1 Å². The molecule has 1 aliphatic rings. The molecule has 0 aliphatic heterocycles. The van der Waals surface area contributed by atoms with E-state index in [4.69, 9.17) is 11.5 Å². The average molecular weight is 363 g/mol. The zero-order valence-electron chi connectivity index (χ0n) is 13.9. The van der Waals surface area contributed by atoms with Crippen LogP contribution in [0.4, 0.5) is 26.2 Å². The lowest BCUT2D eigenvalue weighted by molar-refractivity contribution is 0.0995. The Labute approximate surface area is 148 Å². The summed E-state index contributed by atoms with van der Waals surface area (Å²) in [6, 6.07) is 2.78. The van der Waals surface area contributed by atoms with Gasteiger partial charge in [-0.05, 0) is 25.0 Å². The number of nitrogens with two attached hydrogens (primary N) is 2. The smallest absolute Gasteiger partial charge is 0.273 e. The molecule has 1 fully saturated rings. The molecule has 26 heavy (non-hydrogen) atoms. The molecule has 1 aliphatic carbocycles. The highest BCUT2D eigenvalue weighted by Crippen LogP contribution is 2.23. The predicted octanol–water partition coefficient (Wildman–Crippen LogP) is 1.67. The fourth-order valence-corrected chi connectivity index (χ4v) is 2.91. The third kappa shape index (κ3) is 4.20. The van der Waals surface area contributed by atoms with Gasteiger partial charge in [0, 0.05) is 23.8 Å². The number of nitrogens with zero attached hydrogens (tertiary/aromatic N) is 3. The Morgan fingerprint density at radius 2 is 1.81 bits per heavy atom. The minimum Gasteiger partial charge on any atom is -0.364 e. The molecule has 3 rings (SSSR count). The molecule has 6 N–H and O–H groups in total. The van der Waals surface area contributed by atoms with Crippen LogP contribution in [0.3, 0.4) is 0 Å². The number of hydrogen-bond donors (Lipinski definition) is 4. The van der Waals surface area contributed by atoms with E-state index in [9.17, 15) is 13.6 Å². The number of primary amides is 1. The molecule has 10 heteroatoms. The summed E-state index contributed by atoms with van der Waals surface area (Å²) in [5.41, 5.74) is 11.2. The van der Waals surface area contributed by atoms with Crippen LogP contribution in [-0.4, -0.2) is 33.2 Å². The zero-order chi connectivity index (χ0) is 18.7. The maximum atomic E-state index is 13.4. The van der Waals surface area contributed by atoms with Crippen molar-refractivity contribution in [3.05, 3.63) is 35.5 Å². The molecule has 1 aromatic heterocycles. The van der Waals surface area contributed by atoms with Crippen molar-refractivity contribution in [3.63, 3.8) is 0 Å². The first-order valence-corrected chi connectivity index (χ1v) is 8.22. The Kier molecular flexibility index (Phi) is 5.21. The number of amides is 1. The highest BCUT2D eigenvalue weighted by atomic mass is 19.1. The molecule has 138 valence electrons. The molecule has 0 radical (unpaired) electrons. The highest BCUT2D eigenvalue weighted by Gasteiger charge is 2.23. The first-order chi connectivity index (χ1) is 12.4. The van der Waals surface area contributed by atoms with E-state index >= 15 is 0 Å². The van der Waals surface area contributed by atoms with Crippen molar-refractivity contribution in [3.8, 4) is 0 Å². The van der Waals surface area contributed by atoms with E-state index in [0.717, 1.165) is 43.9 Å². The number of rotatable bonds is 5. The van der Waals surface area contributed by atoms with Gasteiger partial charge in [-0.3, -0.25) is 4.79 Å². The molecule has 0 spiro atoms. The number of anilines is 3.